The molecule has 0 radical (unpaired) electrons. The number of halogens is 1. The smallest absolute Gasteiger partial charge is 0.341 e. The molecule has 0 amide bonds. The summed E-state index contributed by atoms with van der Waals surface area (Å²) in [5, 5.41) is 9.67. The summed E-state index contributed by atoms with van der Waals surface area (Å²) >= 11 is 6.38. The number of unbranched alkanes of at least 4 members (excludes halogenated alkanes) is 1. The van der Waals surface area contributed by atoms with Gasteiger partial charge in [-0.25, -0.2) is 9.78 Å². The van der Waals surface area contributed by atoms with Crippen LogP contribution in [0, 0.1) is 5.41 Å². The summed E-state index contributed by atoms with van der Waals surface area (Å²) in [7, 11) is 0. The molecule has 1 saturated carbocycles. The van der Waals surface area contributed by atoms with Gasteiger partial charge in [0, 0.05) is 18.3 Å². The zero-order valence-electron chi connectivity index (χ0n) is 17.3. The second kappa shape index (κ2) is 7.61. The summed E-state index contributed by atoms with van der Waals surface area (Å²) in [5.41, 5.74) is -0.0766. The number of fused-ring (bicyclic) bond motifs is 5. The van der Waals surface area contributed by atoms with Crippen molar-refractivity contribution >= 4 is 17.6 Å². The number of carboxylic acids is 1. The van der Waals surface area contributed by atoms with Crippen LogP contribution < -0.4 is 14.9 Å². The Morgan fingerprint density at radius 3 is 2.90 bits per heavy atom. The topological polar surface area (TPSA) is 90.6 Å². The molecule has 0 bridgehead atoms. The quantitative estimate of drug-likeness (QED) is 0.550. The van der Waals surface area contributed by atoms with Gasteiger partial charge < -0.3 is 19.1 Å². The van der Waals surface area contributed by atoms with Crippen LogP contribution in [0.25, 0.3) is 11.4 Å². The highest BCUT2D eigenvalue weighted by atomic mass is 35.5. The third-order valence-corrected chi connectivity index (χ3v) is 6.29. The molecule has 0 spiro atoms. The van der Waals surface area contributed by atoms with Gasteiger partial charge in [-0.2, -0.15) is 0 Å². The van der Waals surface area contributed by atoms with E-state index in [1.807, 2.05) is 4.57 Å². The monoisotopic (exact) mass is 432 g/mol. The standard InChI is InChI=1S/C22H25ClN2O5/c1-4-5-8-29-17-10-16-18(24-20(17)23)13-9-14(26)12(21(27)28)11-25(13)19-15(30-16)6-7-22(19,2)3/h9-11,15,19H,4-8H2,1-3H3,(H,27,28). The van der Waals surface area contributed by atoms with Gasteiger partial charge in [-0.15, -0.1) is 0 Å². The van der Waals surface area contributed by atoms with E-state index in [9.17, 15) is 14.7 Å². The molecule has 2 aliphatic rings. The average molecular weight is 433 g/mol. The normalized spacial score (nSPS) is 21.1. The highest BCUT2D eigenvalue weighted by Gasteiger charge is 2.47. The minimum Gasteiger partial charge on any atom is -0.490 e. The Labute approximate surface area is 179 Å². The summed E-state index contributed by atoms with van der Waals surface area (Å²) in [6.07, 6.45) is 4.84. The van der Waals surface area contributed by atoms with Crippen LogP contribution in [0.4, 0.5) is 0 Å². The van der Waals surface area contributed by atoms with E-state index in [1.165, 1.54) is 12.3 Å². The molecular weight excluding hydrogens is 408 g/mol. The summed E-state index contributed by atoms with van der Waals surface area (Å²) in [5.74, 6) is -0.318. The zero-order valence-corrected chi connectivity index (χ0v) is 18.0. The molecule has 8 heteroatoms. The predicted octanol–water partition coefficient (Wildman–Crippen LogP) is 4.56. The lowest BCUT2D eigenvalue weighted by molar-refractivity contribution is 0.0692. The molecule has 7 nitrogen and oxygen atoms in total. The number of ether oxygens (including phenoxy) is 2. The maximum Gasteiger partial charge on any atom is 0.341 e. The van der Waals surface area contributed by atoms with Crippen LogP contribution in [0.2, 0.25) is 5.15 Å². The molecular formula is C22H25ClN2O5. The van der Waals surface area contributed by atoms with Crippen LogP contribution in [0.3, 0.4) is 0 Å². The fraction of sp³-hybridized carbons (Fsp3) is 0.500. The van der Waals surface area contributed by atoms with Gasteiger partial charge in [0.1, 0.15) is 17.4 Å². The second-order valence-electron chi connectivity index (χ2n) is 8.60. The molecule has 2 aromatic rings. The Kier molecular flexibility index (Phi) is 5.26. The first-order valence-electron chi connectivity index (χ1n) is 10.2. The molecule has 1 N–H and O–H groups in total. The fourth-order valence-corrected chi connectivity index (χ4v) is 4.65. The zero-order chi connectivity index (χ0) is 21.6. The van der Waals surface area contributed by atoms with Gasteiger partial charge in [0.15, 0.2) is 22.1 Å². The van der Waals surface area contributed by atoms with Gasteiger partial charge in [0.05, 0.1) is 18.3 Å². The van der Waals surface area contributed by atoms with E-state index in [0.717, 1.165) is 25.7 Å². The molecule has 3 heterocycles. The van der Waals surface area contributed by atoms with E-state index in [1.54, 1.807) is 6.07 Å². The Balaban J connectivity index is 1.92. The molecule has 2 aromatic heterocycles. The van der Waals surface area contributed by atoms with Crippen molar-refractivity contribution in [3.63, 3.8) is 0 Å². The summed E-state index contributed by atoms with van der Waals surface area (Å²) < 4.78 is 14.0. The molecule has 1 fully saturated rings. The number of hydrogen-bond acceptors (Lipinski definition) is 5. The van der Waals surface area contributed by atoms with Crippen LogP contribution in [0.15, 0.2) is 23.1 Å². The van der Waals surface area contributed by atoms with Crippen LogP contribution in [0.1, 0.15) is 62.9 Å². The number of aromatic carboxylic acids is 1. The number of pyridine rings is 2. The van der Waals surface area contributed by atoms with Crippen molar-refractivity contribution in [2.75, 3.05) is 6.61 Å². The molecule has 1 aliphatic heterocycles. The molecule has 160 valence electrons. The highest BCUT2D eigenvalue weighted by molar-refractivity contribution is 6.31. The molecule has 0 saturated heterocycles. The van der Waals surface area contributed by atoms with Gasteiger partial charge >= 0.3 is 5.97 Å². The number of rotatable bonds is 5. The van der Waals surface area contributed by atoms with Crippen LogP contribution >= 0.6 is 11.6 Å². The van der Waals surface area contributed by atoms with Crippen molar-refractivity contribution in [3.8, 4) is 22.9 Å². The van der Waals surface area contributed by atoms with Crippen molar-refractivity contribution in [3.05, 3.63) is 39.3 Å². The first kappa shape index (κ1) is 20.7. The molecule has 4 rings (SSSR count). The maximum atomic E-state index is 12.5. The Morgan fingerprint density at radius 2 is 2.20 bits per heavy atom. The second-order valence-corrected chi connectivity index (χ2v) is 8.96. The van der Waals surface area contributed by atoms with Crippen molar-refractivity contribution in [2.24, 2.45) is 5.41 Å². The minimum atomic E-state index is -1.25. The van der Waals surface area contributed by atoms with Crippen molar-refractivity contribution < 1.29 is 19.4 Å². The lowest BCUT2D eigenvalue weighted by Crippen LogP contribution is -2.33. The third kappa shape index (κ3) is 3.45. The average Bonchev–Trinajstić information content (AvgIpc) is 2.90. The SMILES string of the molecule is CCCCOc1cc2c(nc1Cl)-c1cc(=O)c(C(=O)O)cn1C1C(CCC1(C)C)O2. The lowest BCUT2D eigenvalue weighted by atomic mass is 9.86. The molecule has 0 aromatic carbocycles. The molecule has 1 aliphatic carbocycles. The Hall–Kier alpha value is -2.54. The lowest BCUT2D eigenvalue weighted by Gasteiger charge is -2.32. The van der Waals surface area contributed by atoms with Gasteiger partial charge in [0.25, 0.3) is 0 Å². The number of aromatic nitrogens is 2. The maximum absolute atomic E-state index is 12.5. The first-order chi connectivity index (χ1) is 14.2. The largest absolute Gasteiger partial charge is 0.490 e. The summed E-state index contributed by atoms with van der Waals surface area (Å²) in [6.45, 7) is 6.84. The van der Waals surface area contributed by atoms with E-state index in [2.05, 4.69) is 25.8 Å². The summed E-state index contributed by atoms with van der Waals surface area (Å²) in [6, 6.07) is 2.90. The number of carboxylic acid groups (broad SMARTS) is 1. The minimum absolute atomic E-state index is 0.149. The van der Waals surface area contributed by atoms with Gasteiger partial charge in [-0.05, 0) is 24.7 Å². The van der Waals surface area contributed by atoms with Crippen molar-refractivity contribution in [1.82, 2.24) is 9.55 Å². The Bertz CT molecular complexity index is 1060. The third-order valence-electron chi connectivity index (χ3n) is 6.02. The fourth-order valence-electron chi connectivity index (χ4n) is 4.45. The summed E-state index contributed by atoms with van der Waals surface area (Å²) in [4.78, 5) is 28.6. The van der Waals surface area contributed by atoms with E-state index in [0.29, 0.717) is 29.5 Å². The molecule has 2 atom stereocenters. The van der Waals surface area contributed by atoms with Crippen LogP contribution in [-0.2, 0) is 0 Å². The van der Waals surface area contributed by atoms with E-state index >= 15 is 0 Å². The van der Waals surface area contributed by atoms with Gasteiger partial charge in [0.2, 0.25) is 0 Å². The van der Waals surface area contributed by atoms with E-state index in [4.69, 9.17) is 21.1 Å². The number of nitrogens with zero attached hydrogens (tertiary/aromatic N) is 2. The number of carbonyl (C=O) groups is 1. The van der Waals surface area contributed by atoms with Crippen molar-refractivity contribution in [2.45, 2.75) is 58.6 Å². The predicted molar refractivity (Wildman–Crippen MR) is 113 cm³/mol. The molecule has 30 heavy (non-hydrogen) atoms. The van der Waals surface area contributed by atoms with E-state index in [-0.39, 0.29) is 28.3 Å². The van der Waals surface area contributed by atoms with Gasteiger partial charge in [-0.1, -0.05) is 38.8 Å². The highest BCUT2D eigenvalue weighted by Crippen LogP contribution is 2.52. The molecule has 2 unspecified atom stereocenters. The van der Waals surface area contributed by atoms with Crippen molar-refractivity contribution in [1.29, 1.82) is 0 Å². The van der Waals surface area contributed by atoms with Crippen LogP contribution in [0.5, 0.6) is 11.5 Å². The van der Waals surface area contributed by atoms with Crippen LogP contribution in [-0.4, -0.2) is 33.3 Å². The van der Waals surface area contributed by atoms with Gasteiger partial charge in [-0.3, -0.25) is 4.79 Å². The Morgan fingerprint density at radius 1 is 1.43 bits per heavy atom. The van der Waals surface area contributed by atoms with E-state index < -0.39 is 11.4 Å². The number of hydrogen-bond donors (Lipinski definition) is 1. The first-order valence-corrected chi connectivity index (χ1v) is 10.6.